The predicted octanol–water partition coefficient (Wildman–Crippen LogP) is -0.491. The molecular weight excluding hydrogens is 174 g/mol. The minimum Gasteiger partial charge on any atom is -0.411 e. The van der Waals surface area contributed by atoms with E-state index in [9.17, 15) is 0 Å². The average molecular weight is 181 g/mol. The van der Waals surface area contributed by atoms with Crippen LogP contribution in [0, 0.1) is 0 Å². The highest BCUT2D eigenvalue weighted by atomic mass is 16.6. The maximum atomic E-state index is 8.63. The minimum absolute atomic E-state index is 0.338. The van der Waals surface area contributed by atoms with E-state index in [0.29, 0.717) is 35.7 Å². The molecule has 0 aliphatic heterocycles. The van der Waals surface area contributed by atoms with Crippen molar-refractivity contribution in [1.82, 2.24) is 10.3 Å². The van der Waals surface area contributed by atoms with Crippen molar-refractivity contribution < 1.29 is 9.84 Å². The summed E-state index contributed by atoms with van der Waals surface area (Å²) in [7, 11) is 0. The highest BCUT2D eigenvalue weighted by Crippen LogP contribution is 2.15. The SMILES string of the molecule is N/N=C1/C(=N/O)CCc2nonc21. The number of rotatable bonds is 0. The molecule has 68 valence electrons. The lowest BCUT2D eigenvalue weighted by molar-refractivity contribution is 0.303. The average Bonchev–Trinajstić information content (AvgIpc) is 2.63. The van der Waals surface area contributed by atoms with Gasteiger partial charge in [0.1, 0.15) is 17.1 Å². The Bertz CT molecular complexity index is 380. The first kappa shape index (κ1) is 7.71. The molecule has 0 bridgehead atoms. The number of oxime groups is 1. The van der Waals surface area contributed by atoms with Crippen LogP contribution < -0.4 is 5.84 Å². The molecule has 1 aliphatic carbocycles. The van der Waals surface area contributed by atoms with Crippen molar-refractivity contribution in [3.05, 3.63) is 11.4 Å². The molecule has 1 aliphatic rings. The van der Waals surface area contributed by atoms with E-state index >= 15 is 0 Å². The molecule has 1 heterocycles. The van der Waals surface area contributed by atoms with E-state index in [4.69, 9.17) is 11.0 Å². The molecule has 1 aromatic rings. The van der Waals surface area contributed by atoms with Gasteiger partial charge in [-0.15, -0.1) is 0 Å². The summed E-state index contributed by atoms with van der Waals surface area (Å²) in [6.07, 6.45) is 1.16. The lowest BCUT2D eigenvalue weighted by Crippen LogP contribution is -2.25. The fourth-order valence-electron chi connectivity index (χ4n) is 1.28. The van der Waals surface area contributed by atoms with Crippen LogP contribution in [-0.4, -0.2) is 26.9 Å². The number of hydrogen-bond donors (Lipinski definition) is 2. The van der Waals surface area contributed by atoms with Crippen LogP contribution in [0.1, 0.15) is 17.8 Å². The van der Waals surface area contributed by atoms with Crippen LogP contribution in [0.2, 0.25) is 0 Å². The van der Waals surface area contributed by atoms with Gasteiger partial charge in [0.2, 0.25) is 0 Å². The summed E-state index contributed by atoms with van der Waals surface area (Å²) in [4.78, 5) is 0. The summed E-state index contributed by atoms with van der Waals surface area (Å²) < 4.78 is 4.52. The summed E-state index contributed by atoms with van der Waals surface area (Å²) in [5, 5.41) is 22.5. The van der Waals surface area contributed by atoms with Gasteiger partial charge < -0.3 is 11.0 Å². The Morgan fingerprint density at radius 1 is 1.38 bits per heavy atom. The largest absolute Gasteiger partial charge is 0.411 e. The third-order valence-electron chi connectivity index (χ3n) is 1.90. The van der Waals surface area contributed by atoms with Gasteiger partial charge in [0.25, 0.3) is 0 Å². The second kappa shape index (κ2) is 2.85. The van der Waals surface area contributed by atoms with E-state index in [1.54, 1.807) is 0 Å². The Labute approximate surface area is 72.9 Å². The molecule has 3 N–H and O–H groups in total. The summed E-state index contributed by atoms with van der Waals surface area (Å²) in [5.74, 6) is 5.13. The van der Waals surface area contributed by atoms with Gasteiger partial charge in [-0.1, -0.05) is 10.3 Å². The molecule has 0 fully saturated rings. The maximum Gasteiger partial charge on any atom is 0.160 e. The quantitative estimate of drug-likeness (QED) is 0.318. The normalized spacial score (nSPS) is 22.2. The monoisotopic (exact) mass is 181 g/mol. The van der Waals surface area contributed by atoms with Crippen LogP contribution in [0.25, 0.3) is 0 Å². The summed E-state index contributed by atoms with van der Waals surface area (Å²) in [6.45, 7) is 0. The highest BCUT2D eigenvalue weighted by Gasteiger charge is 2.26. The first-order chi connectivity index (χ1) is 6.36. The smallest absolute Gasteiger partial charge is 0.160 e. The molecule has 7 nitrogen and oxygen atoms in total. The van der Waals surface area contributed by atoms with E-state index in [-0.39, 0.29) is 0 Å². The molecule has 2 rings (SSSR count). The minimum atomic E-state index is 0.338. The standard InChI is InChI=1S/C6H7N5O2/c7-8-5-3(9-12)1-2-4-6(5)11-13-10-4/h12H,1-2,7H2/b8-5-,9-3+. The van der Waals surface area contributed by atoms with Crippen molar-refractivity contribution >= 4 is 11.4 Å². The predicted molar refractivity (Wildman–Crippen MR) is 42.6 cm³/mol. The number of fused-ring (bicyclic) bond motifs is 1. The van der Waals surface area contributed by atoms with Crippen molar-refractivity contribution in [3.63, 3.8) is 0 Å². The third kappa shape index (κ3) is 1.05. The van der Waals surface area contributed by atoms with Gasteiger partial charge in [-0.05, 0) is 5.16 Å². The zero-order chi connectivity index (χ0) is 9.26. The topological polar surface area (TPSA) is 110 Å². The number of aromatic nitrogens is 2. The van der Waals surface area contributed by atoms with Crippen molar-refractivity contribution in [2.75, 3.05) is 0 Å². The van der Waals surface area contributed by atoms with Gasteiger partial charge >= 0.3 is 0 Å². The fourth-order valence-corrected chi connectivity index (χ4v) is 1.28. The van der Waals surface area contributed by atoms with Crippen LogP contribution in [0.15, 0.2) is 14.9 Å². The second-order valence-corrected chi connectivity index (χ2v) is 2.58. The molecule has 0 aromatic carbocycles. The number of nitrogens with two attached hydrogens (primary N) is 1. The molecule has 0 unspecified atom stereocenters. The van der Waals surface area contributed by atoms with Gasteiger partial charge in [0.15, 0.2) is 5.69 Å². The number of aryl methyl sites for hydroxylation is 1. The molecule has 0 saturated carbocycles. The van der Waals surface area contributed by atoms with E-state index < -0.39 is 0 Å². The zero-order valence-electron chi connectivity index (χ0n) is 6.64. The molecule has 1 aromatic heterocycles. The van der Waals surface area contributed by atoms with E-state index in [2.05, 4.69) is 25.2 Å². The Kier molecular flexibility index (Phi) is 1.69. The molecule has 0 amide bonds. The van der Waals surface area contributed by atoms with E-state index in [0.717, 1.165) is 0 Å². The molecule has 7 heteroatoms. The lowest BCUT2D eigenvalue weighted by Gasteiger charge is -2.09. The molecule has 0 radical (unpaired) electrons. The Morgan fingerprint density at radius 3 is 2.92 bits per heavy atom. The van der Waals surface area contributed by atoms with Crippen molar-refractivity contribution in [2.24, 2.45) is 16.1 Å². The van der Waals surface area contributed by atoms with Crippen LogP contribution in [0.3, 0.4) is 0 Å². The van der Waals surface area contributed by atoms with E-state index in [1.807, 2.05) is 0 Å². The Balaban J connectivity index is 2.53. The maximum absolute atomic E-state index is 8.63. The summed E-state index contributed by atoms with van der Waals surface area (Å²) in [5.41, 5.74) is 1.90. The Hall–Kier alpha value is -1.92. The van der Waals surface area contributed by atoms with Crippen LogP contribution >= 0.6 is 0 Å². The van der Waals surface area contributed by atoms with Gasteiger partial charge in [-0.2, -0.15) is 5.10 Å². The van der Waals surface area contributed by atoms with Crippen molar-refractivity contribution in [3.8, 4) is 0 Å². The first-order valence-corrected chi connectivity index (χ1v) is 3.67. The number of nitrogens with zero attached hydrogens (tertiary/aromatic N) is 4. The molecule has 0 saturated heterocycles. The second-order valence-electron chi connectivity index (χ2n) is 2.58. The van der Waals surface area contributed by atoms with Crippen LogP contribution in [0.4, 0.5) is 0 Å². The number of hydrazone groups is 1. The van der Waals surface area contributed by atoms with Crippen LogP contribution in [0.5, 0.6) is 0 Å². The first-order valence-electron chi connectivity index (χ1n) is 3.67. The Morgan fingerprint density at radius 2 is 2.23 bits per heavy atom. The number of hydrogen-bond acceptors (Lipinski definition) is 7. The van der Waals surface area contributed by atoms with Gasteiger partial charge in [0.05, 0.1) is 0 Å². The molecule has 0 atom stereocenters. The summed E-state index contributed by atoms with van der Waals surface area (Å²) in [6, 6.07) is 0. The summed E-state index contributed by atoms with van der Waals surface area (Å²) >= 11 is 0. The van der Waals surface area contributed by atoms with Crippen molar-refractivity contribution in [1.29, 1.82) is 0 Å². The molecule has 0 spiro atoms. The van der Waals surface area contributed by atoms with E-state index in [1.165, 1.54) is 0 Å². The van der Waals surface area contributed by atoms with Gasteiger partial charge in [-0.3, -0.25) is 0 Å². The van der Waals surface area contributed by atoms with Gasteiger partial charge in [0, 0.05) is 12.8 Å². The van der Waals surface area contributed by atoms with Gasteiger partial charge in [-0.25, -0.2) is 4.63 Å². The molecule has 13 heavy (non-hydrogen) atoms. The zero-order valence-corrected chi connectivity index (χ0v) is 6.64. The lowest BCUT2D eigenvalue weighted by atomic mass is 9.97. The third-order valence-corrected chi connectivity index (χ3v) is 1.90. The van der Waals surface area contributed by atoms with Crippen LogP contribution in [-0.2, 0) is 6.42 Å². The molecular formula is C6H7N5O2. The van der Waals surface area contributed by atoms with Crippen molar-refractivity contribution in [2.45, 2.75) is 12.8 Å². The highest BCUT2D eigenvalue weighted by molar-refractivity contribution is 6.48. The fraction of sp³-hybridized carbons (Fsp3) is 0.333.